The van der Waals surface area contributed by atoms with Crippen LogP contribution in [0.4, 0.5) is 0 Å². The molecule has 1 aliphatic heterocycles. The maximum Gasteiger partial charge on any atom is 0.295 e. The Morgan fingerprint density at radius 2 is 1.69 bits per heavy atom. The van der Waals surface area contributed by atoms with Crippen LogP contribution in [0.1, 0.15) is 26.5 Å². The van der Waals surface area contributed by atoms with Crippen LogP contribution in [0.3, 0.4) is 0 Å². The summed E-state index contributed by atoms with van der Waals surface area (Å²) in [4.78, 5) is 49.4. The van der Waals surface area contributed by atoms with Crippen molar-refractivity contribution in [2.24, 2.45) is 7.05 Å². The number of ether oxygens (including phenoxy) is 1. The molecule has 0 bridgehead atoms. The molecule has 45 heavy (non-hydrogen) atoms. The minimum atomic E-state index is -0.657. The van der Waals surface area contributed by atoms with Gasteiger partial charge in [-0.05, 0) is 36.4 Å². The summed E-state index contributed by atoms with van der Waals surface area (Å²) in [7, 11) is 3.39. The molecule has 13 heteroatoms. The molecule has 5 aromatic rings. The monoisotopic (exact) mass is 644 g/mol. The van der Waals surface area contributed by atoms with Gasteiger partial charge < -0.3 is 19.1 Å². The third kappa shape index (κ3) is 6.03. The Labute approximate surface area is 269 Å². The quantitative estimate of drug-likeness (QED) is 0.109. The van der Waals surface area contributed by atoms with Gasteiger partial charge in [0.05, 0.1) is 37.2 Å². The molecule has 6 rings (SSSR count). The van der Waals surface area contributed by atoms with Gasteiger partial charge in [0.15, 0.2) is 0 Å². The first-order chi connectivity index (χ1) is 21.7. The van der Waals surface area contributed by atoms with Crippen molar-refractivity contribution >= 4 is 51.9 Å². The number of ketones is 1. The molecule has 2 amide bonds. The van der Waals surface area contributed by atoms with E-state index in [4.69, 9.17) is 16.3 Å². The van der Waals surface area contributed by atoms with Crippen molar-refractivity contribution in [2.75, 3.05) is 33.3 Å². The van der Waals surface area contributed by atoms with Crippen molar-refractivity contribution in [3.63, 3.8) is 0 Å². The van der Waals surface area contributed by atoms with Gasteiger partial charge in [0.1, 0.15) is 11.3 Å². The van der Waals surface area contributed by atoms with Gasteiger partial charge in [-0.3, -0.25) is 14.4 Å². The van der Waals surface area contributed by atoms with E-state index in [-0.39, 0.29) is 24.6 Å². The molecular weight excluding hydrogens is 614 g/mol. The van der Waals surface area contributed by atoms with Gasteiger partial charge in [0.2, 0.25) is 6.33 Å². The fourth-order valence-electron chi connectivity index (χ4n) is 5.30. The minimum absolute atomic E-state index is 0.0951. The summed E-state index contributed by atoms with van der Waals surface area (Å²) in [6.07, 6.45) is 5.03. The molecule has 1 aliphatic rings. The number of amides is 2. The number of piperazine rings is 1. The molecule has 0 saturated carbocycles. The highest BCUT2D eigenvalue weighted by molar-refractivity contribution is 7.98. The number of aromatic nitrogens is 5. The standard InChI is InChI=1S/C32H31ClN7O4S/c1-21-35-40(19-36(21)2)30-28-27(26(44-3)17-34-30)25(18-39(28)20-45-24-11-9-23(33)10-12-24)29(41)32(43)38-15-13-37(14-16-38)31(42)22-7-5-4-6-8-22/h4-12,17-19H,13-16,20H2,1-3H3/q+1. The number of pyridine rings is 1. The highest BCUT2D eigenvalue weighted by Crippen LogP contribution is 2.36. The lowest BCUT2D eigenvalue weighted by molar-refractivity contribution is -0.678. The summed E-state index contributed by atoms with van der Waals surface area (Å²) < 4.78 is 11.1. The molecule has 0 aliphatic carbocycles. The van der Waals surface area contributed by atoms with Gasteiger partial charge in [-0.25, -0.2) is 9.55 Å². The number of hydrogen-bond acceptors (Lipinski definition) is 7. The summed E-state index contributed by atoms with van der Waals surface area (Å²) in [5.41, 5.74) is 1.41. The Bertz CT molecular complexity index is 1880. The SMILES string of the molecule is COc1cnc(-n2c[n+](C)c(C)n2)c2c1c(C(=O)C(=O)N1CCN(C(=O)c3ccccc3)CC1)cn2CSc1ccc(Cl)cc1. The van der Waals surface area contributed by atoms with Crippen LogP contribution < -0.4 is 9.30 Å². The molecule has 0 spiro atoms. The number of nitrogens with zero attached hydrogens (tertiary/aromatic N) is 7. The van der Waals surface area contributed by atoms with Gasteiger partial charge in [-0.15, -0.1) is 11.8 Å². The molecule has 2 aromatic carbocycles. The highest BCUT2D eigenvalue weighted by Gasteiger charge is 2.33. The molecular formula is C32H31ClN7O4S+. The Morgan fingerprint density at radius 3 is 2.33 bits per heavy atom. The molecule has 0 unspecified atom stereocenters. The van der Waals surface area contributed by atoms with E-state index in [0.29, 0.717) is 52.0 Å². The number of methoxy groups -OCH3 is 1. The Kier molecular flexibility index (Phi) is 8.59. The van der Waals surface area contributed by atoms with Crippen molar-refractivity contribution in [2.45, 2.75) is 17.7 Å². The van der Waals surface area contributed by atoms with Gasteiger partial charge >= 0.3 is 0 Å². The number of thioether (sulfide) groups is 1. The van der Waals surface area contributed by atoms with Crippen LogP contribution in [0.5, 0.6) is 5.75 Å². The first-order valence-electron chi connectivity index (χ1n) is 14.3. The smallest absolute Gasteiger partial charge is 0.295 e. The van der Waals surface area contributed by atoms with Crippen molar-refractivity contribution in [3.05, 3.63) is 95.3 Å². The number of carbonyl (C=O) groups is 3. The van der Waals surface area contributed by atoms with E-state index < -0.39 is 11.7 Å². The molecule has 1 fully saturated rings. The maximum atomic E-state index is 14.0. The zero-order valence-corrected chi connectivity index (χ0v) is 26.6. The molecule has 0 radical (unpaired) electrons. The third-order valence-electron chi connectivity index (χ3n) is 7.82. The van der Waals surface area contributed by atoms with E-state index >= 15 is 0 Å². The van der Waals surface area contributed by atoms with E-state index in [9.17, 15) is 14.4 Å². The average molecular weight is 645 g/mol. The van der Waals surface area contributed by atoms with Crippen LogP contribution in [0, 0.1) is 6.92 Å². The van der Waals surface area contributed by atoms with Crippen LogP contribution >= 0.6 is 23.4 Å². The molecule has 4 heterocycles. The average Bonchev–Trinajstić information content (AvgIpc) is 3.63. The van der Waals surface area contributed by atoms with Gasteiger partial charge in [-0.1, -0.05) is 34.5 Å². The minimum Gasteiger partial charge on any atom is -0.494 e. The number of halogens is 1. The first kappa shape index (κ1) is 30.4. The lowest BCUT2D eigenvalue weighted by Crippen LogP contribution is -2.52. The second-order valence-electron chi connectivity index (χ2n) is 10.6. The van der Waals surface area contributed by atoms with E-state index in [0.717, 1.165) is 10.7 Å². The fraction of sp³-hybridized carbons (Fsp3) is 0.250. The van der Waals surface area contributed by atoms with Crippen LogP contribution in [0.25, 0.3) is 16.7 Å². The van der Waals surface area contributed by atoms with E-state index in [1.807, 2.05) is 65.6 Å². The normalized spacial score (nSPS) is 13.3. The van der Waals surface area contributed by atoms with E-state index in [1.54, 1.807) is 52.2 Å². The molecule has 1 saturated heterocycles. The summed E-state index contributed by atoms with van der Waals surface area (Å²) in [5.74, 6) is 0.655. The van der Waals surface area contributed by atoms with Crippen molar-refractivity contribution in [3.8, 4) is 11.6 Å². The van der Waals surface area contributed by atoms with E-state index in [2.05, 4.69) is 10.1 Å². The van der Waals surface area contributed by atoms with Crippen LogP contribution in [-0.2, 0) is 17.7 Å². The molecule has 11 nitrogen and oxygen atoms in total. The molecule has 0 N–H and O–H groups in total. The lowest BCUT2D eigenvalue weighted by atomic mass is 10.1. The molecule has 0 atom stereocenters. The van der Waals surface area contributed by atoms with Gasteiger partial charge in [0, 0.05) is 59.9 Å². The second kappa shape index (κ2) is 12.7. The van der Waals surface area contributed by atoms with Gasteiger partial charge in [-0.2, -0.15) is 0 Å². The fourth-order valence-corrected chi connectivity index (χ4v) is 6.25. The van der Waals surface area contributed by atoms with Crippen molar-refractivity contribution in [1.82, 2.24) is 29.1 Å². The van der Waals surface area contributed by atoms with Crippen molar-refractivity contribution in [1.29, 1.82) is 0 Å². The number of fused-ring (bicyclic) bond motifs is 1. The number of aryl methyl sites for hydroxylation is 2. The van der Waals surface area contributed by atoms with Crippen LogP contribution in [0.2, 0.25) is 5.02 Å². The molecule has 3 aromatic heterocycles. The first-order valence-corrected chi connectivity index (χ1v) is 15.7. The predicted molar refractivity (Wildman–Crippen MR) is 170 cm³/mol. The summed E-state index contributed by atoms with van der Waals surface area (Å²) in [6, 6.07) is 16.5. The Morgan fingerprint density at radius 1 is 1.00 bits per heavy atom. The molecule has 230 valence electrons. The second-order valence-corrected chi connectivity index (χ2v) is 12.1. The zero-order chi connectivity index (χ0) is 31.7. The summed E-state index contributed by atoms with van der Waals surface area (Å²) >= 11 is 7.63. The Hall–Kier alpha value is -4.68. The third-order valence-corrected chi connectivity index (χ3v) is 9.09. The number of rotatable bonds is 8. The topological polar surface area (TPSA) is 106 Å². The largest absolute Gasteiger partial charge is 0.494 e. The van der Waals surface area contributed by atoms with Crippen LogP contribution in [0.15, 0.2) is 78.2 Å². The maximum absolute atomic E-state index is 14.0. The highest BCUT2D eigenvalue weighted by atomic mass is 35.5. The van der Waals surface area contributed by atoms with Gasteiger partial charge in [0.25, 0.3) is 29.2 Å². The van der Waals surface area contributed by atoms with Crippen molar-refractivity contribution < 1.29 is 23.7 Å². The number of Topliss-reactive ketones (excluding diaryl/α,β-unsaturated/α-hetero) is 1. The Balaban J connectivity index is 1.33. The van der Waals surface area contributed by atoms with Crippen LogP contribution in [-0.4, -0.2) is 80.0 Å². The predicted octanol–water partition coefficient (Wildman–Crippen LogP) is 3.93. The van der Waals surface area contributed by atoms with E-state index in [1.165, 1.54) is 12.0 Å². The number of benzene rings is 2. The summed E-state index contributed by atoms with van der Waals surface area (Å²) in [5, 5.41) is 5.73. The number of hydrogen-bond donors (Lipinski definition) is 0. The number of carbonyl (C=O) groups excluding carboxylic acids is 3. The zero-order valence-electron chi connectivity index (χ0n) is 25.0. The summed E-state index contributed by atoms with van der Waals surface area (Å²) in [6.45, 7) is 3.05. The lowest BCUT2D eigenvalue weighted by Gasteiger charge is -2.34.